The number of carbonyl (C=O) groups excluding carboxylic acids is 1. The van der Waals surface area contributed by atoms with Gasteiger partial charge in [0.25, 0.3) is 0 Å². The lowest BCUT2D eigenvalue weighted by molar-refractivity contribution is 0.162. The fraction of sp³-hybridized carbons (Fsp3) is 0.250. The molecule has 0 aliphatic rings. The molecule has 1 aromatic rings. The summed E-state index contributed by atoms with van der Waals surface area (Å²) in [6.07, 6.45) is 0.868. The summed E-state index contributed by atoms with van der Waals surface area (Å²) < 4.78 is 4.54. The molecule has 0 fully saturated rings. The van der Waals surface area contributed by atoms with Gasteiger partial charge in [-0.2, -0.15) is 0 Å². The van der Waals surface area contributed by atoms with Crippen molar-refractivity contribution in [2.75, 3.05) is 6.61 Å². The SMILES string of the molecule is CCOC(=O)N=Nc1ccccn1. The summed E-state index contributed by atoms with van der Waals surface area (Å²) in [5.41, 5.74) is 0. The van der Waals surface area contributed by atoms with E-state index in [-0.39, 0.29) is 0 Å². The van der Waals surface area contributed by atoms with Crippen LogP contribution in [0.15, 0.2) is 34.6 Å². The van der Waals surface area contributed by atoms with E-state index in [1.165, 1.54) is 0 Å². The molecule has 5 nitrogen and oxygen atoms in total. The van der Waals surface area contributed by atoms with Crippen LogP contribution in [0.5, 0.6) is 0 Å². The molecule has 0 aliphatic heterocycles. The third-order valence-corrected chi connectivity index (χ3v) is 1.15. The van der Waals surface area contributed by atoms with E-state index in [2.05, 4.69) is 19.9 Å². The van der Waals surface area contributed by atoms with Crippen LogP contribution in [0.1, 0.15) is 6.92 Å². The average Bonchev–Trinajstić information content (AvgIpc) is 2.17. The first kappa shape index (κ1) is 9.31. The molecule has 0 saturated heterocycles. The number of aromatic nitrogens is 1. The largest absolute Gasteiger partial charge is 0.452 e. The van der Waals surface area contributed by atoms with E-state index in [1.54, 1.807) is 31.3 Å². The number of pyridine rings is 1. The molecular weight excluding hydrogens is 170 g/mol. The fourth-order valence-corrected chi connectivity index (χ4v) is 0.657. The summed E-state index contributed by atoms with van der Waals surface area (Å²) in [5.74, 6) is 0.385. The molecule has 0 saturated carbocycles. The van der Waals surface area contributed by atoms with Crippen molar-refractivity contribution < 1.29 is 9.53 Å². The van der Waals surface area contributed by atoms with Crippen molar-refractivity contribution in [2.24, 2.45) is 10.2 Å². The highest BCUT2D eigenvalue weighted by atomic mass is 16.5. The number of amides is 1. The average molecular weight is 179 g/mol. The number of hydrogen-bond acceptors (Lipinski definition) is 4. The summed E-state index contributed by atoms with van der Waals surface area (Å²) >= 11 is 0. The summed E-state index contributed by atoms with van der Waals surface area (Å²) in [6.45, 7) is 1.99. The number of ether oxygens (including phenoxy) is 1. The molecular formula is C8H9N3O2. The first-order chi connectivity index (χ1) is 6.33. The lowest BCUT2D eigenvalue weighted by atomic mass is 10.5. The Morgan fingerprint density at radius 1 is 1.62 bits per heavy atom. The molecule has 1 amide bonds. The minimum atomic E-state index is -0.701. The van der Waals surface area contributed by atoms with E-state index in [0.717, 1.165) is 0 Å². The minimum absolute atomic E-state index is 0.292. The molecule has 0 bridgehead atoms. The van der Waals surface area contributed by atoms with E-state index < -0.39 is 6.09 Å². The predicted molar refractivity (Wildman–Crippen MR) is 45.8 cm³/mol. The van der Waals surface area contributed by atoms with Crippen LogP contribution in [0.2, 0.25) is 0 Å². The highest BCUT2D eigenvalue weighted by Crippen LogP contribution is 2.05. The molecule has 1 rings (SSSR count). The first-order valence-corrected chi connectivity index (χ1v) is 3.82. The molecule has 0 atom stereocenters. The van der Waals surface area contributed by atoms with E-state index in [1.807, 2.05) is 0 Å². The second-order valence-corrected chi connectivity index (χ2v) is 2.09. The number of nitrogens with zero attached hydrogens (tertiary/aromatic N) is 3. The van der Waals surface area contributed by atoms with Gasteiger partial charge in [0.2, 0.25) is 0 Å². The van der Waals surface area contributed by atoms with Crippen molar-refractivity contribution in [3.63, 3.8) is 0 Å². The van der Waals surface area contributed by atoms with Crippen LogP contribution >= 0.6 is 0 Å². The summed E-state index contributed by atoms with van der Waals surface area (Å²) in [6, 6.07) is 5.15. The van der Waals surface area contributed by atoms with E-state index in [0.29, 0.717) is 12.4 Å². The maximum absolute atomic E-state index is 10.7. The second-order valence-electron chi connectivity index (χ2n) is 2.09. The van der Waals surface area contributed by atoms with Gasteiger partial charge in [0.1, 0.15) is 0 Å². The Kier molecular flexibility index (Phi) is 3.56. The van der Waals surface area contributed by atoms with Crippen LogP contribution in [0.4, 0.5) is 10.6 Å². The van der Waals surface area contributed by atoms with Gasteiger partial charge in [0, 0.05) is 6.20 Å². The van der Waals surface area contributed by atoms with Gasteiger partial charge in [-0.15, -0.1) is 5.11 Å². The van der Waals surface area contributed by atoms with Crippen molar-refractivity contribution in [3.05, 3.63) is 24.4 Å². The lowest BCUT2D eigenvalue weighted by Gasteiger charge is -1.92. The van der Waals surface area contributed by atoms with Crippen molar-refractivity contribution in [1.29, 1.82) is 0 Å². The summed E-state index contributed by atoms with van der Waals surface area (Å²) in [4.78, 5) is 14.5. The smallest absolute Gasteiger partial charge is 0.447 e. The van der Waals surface area contributed by atoms with Crippen LogP contribution in [0.25, 0.3) is 0 Å². The fourth-order valence-electron chi connectivity index (χ4n) is 0.657. The van der Waals surface area contributed by atoms with Crippen molar-refractivity contribution >= 4 is 11.9 Å². The monoisotopic (exact) mass is 179 g/mol. The maximum atomic E-state index is 10.7. The van der Waals surface area contributed by atoms with Gasteiger partial charge in [-0.3, -0.25) is 0 Å². The van der Waals surface area contributed by atoms with Crippen LogP contribution in [-0.2, 0) is 4.74 Å². The van der Waals surface area contributed by atoms with Crippen LogP contribution in [0, 0.1) is 0 Å². The maximum Gasteiger partial charge on any atom is 0.452 e. The molecule has 1 aromatic heterocycles. The van der Waals surface area contributed by atoms with E-state index in [4.69, 9.17) is 0 Å². The van der Waals surface area contributed by atoms with Crippen LogP contribution < -0.4 is 0 Å². The predicted octanol–water partition coefficient (Wildman–Crippen LogP) is 2.32. The highest BCUT2D eigenvalue weighted by molar-refractivity contribution is 5.67. The number of carbonyl (C=O) groups is 1. The summed E-state index contributed by atoms with van der Waals surface area (Å²) in [7, 11) is 0. The van der Waals surface area contributed by atoms with Gasteiger partial charge in [0.15, 0.2) is 5.82 Å². The van der Waals surface area contributed by atoms with Gasteiger partial charge in [0.05, 0.1) is 6.61 Å². The Morgan fingerprint density at radius 2 is 2.46 bits per heavy atom. The topological polar surface area (TPSA) is 63.9 Å². The second kappa shape index (κ2) is 4.97. The number of hydrogen-bond donors (Lipinski definition) is 0. The van der Waals surface area contributed by atoms with Gasteiger partial charge in [-0.25, -0.2) is 9.78 Å². The minimum Gasteiger partial charge on any atom is -0.447 e. The molecule has 0 aliphatic carbocycles. The van der Waals surface area contributed by atoms with Gasteiger partial charge in [-0.05, 0) is 19.1 Å². The normalized spacial score (nSPS) is 10.2. The molecule has 0 radical (unpaired) electrons. The molecule has 13 heavy (non-hydrogen) atoms. The highest BCUT2D eigenvalue weighted by Gasteiger charge is 1.96. The molecule has 0 N–H and O–H groups in total. The zero-order valence-electron chi connectivity index (χ0n) is 7.17. The molecule has 0 unspecified atom stereocenters. The molecule has 1 heterocycles. The van der Waals surface area contributed by atoms with Gasteiger partial charge < -0.3 is 4.74 Å². The van der Waals surface area contributed by atoms with Crippen LogP contribution in [-0.4, -0.2) is 17.7 Å². The zero-order chi connectivity index (χ0) is 9.52. The zero-order valence-corrected chi connectivity index (χ0v) is 7.17. The van der Waals surface area contributed by atoms with Crippen molar-refractivity contribution in [1.82, 2.24) is 4.98 Å². The third-order valence-electron chi connectivity index (χ3n) is 1.15. The molecule has 0 aromatic carbocycles. The Labute approximate surface area is 75.5 Å². The first-order valence-electron chi connectivity index (χ1n) is 3.82. The third kappa shape index (κ3) is 3.42. The Morgan fingerprint density at radius 3 is 3.08 bits per heavy atom. The number of rotatable bonds is 2. The Hall–Kier alpha value is -1.78. The Balaban J connectivity index is 2.54. The summed E-state index contributed by atoms with van der Waals surface area (Å²) in [5, 5.41) is 6.85. The number of azo groups is 1. The lowest BCUT2D eigenvalue weighted by Crippen LogP contribution is -1.95. The Bertz CT molecular complexity index is 298. The standard InChI is InChI=1S/C8H9N3O2/c1-2-13-8(12)11-10-7-5-3-4-6-9-7/h3-6H,2H2,1H3. The molecule has 0 spiro atoms. The van der Waals surface area contributed by atoms with Gasteiger partial charge in [-0.1, -0.05) is 11.2 Å². The van der Waals surface area contributed by atoms with Crippen molar-refractivity contribution in [3.8, 4) is 0 Å². The van der Waals surface area contributed by atoms with E-state index >= 15 is 0 Å². The van der Waals surface area contributed by atoms with Crippen LogP contribution in [0.3, 0.4) is 0 Å². The molecule has 5 heteroatoms. The quantitative estimate of drug-likeness (QED) is 0.654. The van der Waals surface area contributed by atoms with Crippen molar-refractivity contribution in [2.45, 2.75) is 6.92 Å². The van der Waals surface area contributed by atoms with Gasteiger partial charge >= 0.3 is 6.09 Å². The van der Waals surface area contributed by atoms with E-state index in [9.17, 15) is 4.79 Å². The molecule has 68 valence electrons.